The van der Waals surface area contributed by atoms with E-state index < -0.39 is 12.2 Å². The standard InChI is InChI=1S/C26H36O5/c27-23(16-24(28)20-30-19-22-10-5-2-6-11-22)17-26-13-7-12-25(31-26)14-15-29-18-21-8-3-1-4-9-21/h1-6,8-11,23-28H,7,12-20H2/t23-,24-,25+,26-/m0/s1. The van der Waals surface area contributed by atoms with E-state index >= 15 is 0 Å². The number of aliphatic hydroxyl groups excluding tert-OH is 2. The fraction of sp³-hybridized carbons (Fsp3) is 0.538. The first-order valence-corrected chi connectivity index (χ1v) is 11.4. The third-order valence-electron chi connectivity index (χ3n) is 5.63. The SMILES string of the molecule is O[C@H](COCc1ccccc1)C[C@H](O)C[C@@H]1CCC[C@H](CCOCc2ccccc2)O1. The summed E-state index contributed by atoms with van der Waals surface area (Å²) in [6.45, 7) is 1.98. The van der Waals surface area contributed by atoms with Crippen LogP contribution in [0.25, 0.3) is 0 Å². The van der Waals surface area contributed by atoms with Crippen molar-refractivity contribution in [3.63, 3.8) is 0 Å². The van der Waals surface area contributed by atoms with Crippen molar-refractivity contribution in [2.24, 2.45) is 0 Å². The highest BCUT2D eigenvalue weighted by atomic mass is 16.5. The van der Waals surface area contributed by atoms with Gasteiger partial charge in [0.2, 0.25) is 0 Å². The Morgan fingerprint density at radius 3 is 2.10 bits per heavy atom. The van der Waals surface area contributed by atoms with Gasteiger partial charge in [-0.05, 0) is 43.2 Å². The van der Waals surface area contributed by atoms with Gasteiger partial charge in [-0.1, -0.05) is 60.7 Å². The maximum Gasteiger partial charge on any atom is 0.0798 e. The summed E-state index contributed by atoms with van der Waals surface area (Å²) in [7, 11) is 0. The Morgan fingerprint density at radius 2 is 1.42 bits per heavy atom. The fourth-order valence-electron chi connectivity index (χ4n) is 4.02. The lowest BCUT2D eigenvalue weighted by Gasteiger charge is -2.31. The second-order valence-corrected chi connectivity index (χ2v) is 8.42. The predicted molar refractivity (Wildman–Crippen MR) is 121 cm³/mol. The molecule has 5 heteroatoms. The first-order valence-electron chi connectivity index (χ1n) is 11.4. The van der Waals surface area contributed by atoms with Crippen LogP contribution in [0.2, 0.25) is 0 Å². The van der Waals surface area contributed by atoms with E-state index in [1.807, 2.05) is 48.5 Å². The van der Waals surface area contributed by atoms with E-state index in [1.54, 1.807) is 0 Å². The number of rotatable bonds is 13. The van der Waals surface area contributed by atoms with Gasteiger partial charge in [-0.3, -0.25) is 0 Å². The van der Waals surface area contributed by atoms with Gasteiger partial charge < -0.3 is 24.4 Å². The largest absolute Gasteiger partial charge is 0.393 e. The molecule has 0 bridgehead atoms. The van der Waals surface area contributed by atoms with Crippen LogP contribution < -0.4 is 0 Å². The van der Waals surface area contributed by atoms with Crippen LogP contribution in [-0.4, -0.2) is 47.8 Å². The van der Waals surface area contributed by atoms with Crippen molar-refractivity contribution in [3.8, 4) is 0 Å². The topological polar surface area (TPSA) is 68.2 Å². The molecule has 3 rings (SSSR count). The number of hydrogen-bond acceptors (Lipinski definition) is 5. The summed E-state index contributed by atoms with van der Waals surface area (Å²) in [4.78, 5) is 0. The molecule has 0 aliphatic carbocycles. The first-order chi connectivity index (χ1) is 15.2. The molecule has 0 unspecified atom stereocenters. The molecule has 0 saturated carbocycles. The molecule has 0 amide bonds. The van der Waals surface area contributed by atoms with E-state index in [4.69, 9.17) is 14.2 Å². The molecule has 4 atom stereocenters. The van der Waals surface area contributed by atoms with Gasteiger partial charge in [0.25, 0.3) is 0 Å². The molecule has 2 aromatic rings. The van der Waals surface area contributed by atoms with Crippen LogP contribution in [0.4, 0.5) is 0 Å². The second-order valence-electron chi connectivity index (χ2n) is 8.42. The van der Waals surface area contributed by atoms with Crippen LogP contribution in [0.3, 0.4) is 0 Å². The van der Waals surface area contributed by atoms with Crippen molar-refractivity contribution in [1.82, 2.24) is 0 Å². The minimum atomic E-state index is -0.676. The normalized spacial score (nSPS) is 21.0. The first kappa shape index (κ1) is 23.9. The lowest BCUT2D eigenvalue weighted by molar-refractivity contribution is -0.0850. The third kappa shape index (κ3) is 9.50. The van der Waals surface area contributed by atoms with Crippen LogP contribution in [0.1, 0.15) is 49.7 Å². The molecule has 31 heavy (non-hydrogen) atoms. The average Bonchev–Trinajstić information content (AvgIpc) is 2.78. The molecule has 0 spiro atoms. The minimum Gasteiger partial charge on any atom is -0.393 e. The zero-order valence-corrected chi connectivity index (χ0v) is 18.3. The fourth-order valence-corrected chi connectivity index (χ4v) is 4.02. The maximum absolute atomic E-state index is 10.4. The van der Waals surface area contributed by atoms with Crippen molar-refractivity contribution in [3.05, 3.63) is 71.8 Å². The number of ether oxygens (including phenoxy) is 3. The lowest BCUT2D eigenvalue weighted by Crippen LogP contribution is -2.33. The van der Waals surface area contributed by atoms with Gasteiger partial charge in [0.15, 0.2) is 0 Å². The summed E-state index contributed by atoms with van der Waals surface area (Å²) in [6, 6.07) is 20.0. The molecule has 0 radical (unpaired) electrons. The Balaban J connectivity index is 1.27. The van der Waals surface area contributed by atoms with Crippen LogP contribution in [0, 0.1) is 0 Å². The summed E-state index contributed by atoms with van der Waals surface area (Å²) < 4.78 is 17.5. The molecule has 5 nitrogen and oxygen atoms in total. The molecule has 1 aliphatic rings. The smallest absolute Gasteiger partial charge is 0.0798 e. The molecule has 1 fully saturated rings. The molecule has 2 aromatic carbocycles. The van der Waals surface area contributed by atoms with Gasteiger partial charge in [-0.2, -0.15) is 0 Å². The van der Waals surface area contributed by atoms with Gasteiger partial charge in [0, 0.05) is 13.0 Å². The van der Waals surface area contributed by atoms with E-state index in [0.29, 0.717) is 32.7 Å². The van der Waals surface area contributed by atoms with Gasteiger partial charge in [0.1, 0.15) is 0 Å². The highest BCUT2D eigenvalue weighted by Crippen LogP contribution is 2.25. The zero-order valence-electron chi connectivity index (χ0n) is 18.3. The molecule has 1 aliphatic heterocycles. The Hall–Kier alpha value is -1.76. The van der Waals surface area contributed by atoms with E-state index in [-0.39, 0.29) is 18.8 Å². The van der Waals surface area contributed by atoms with Crippen LogP contribution in [0.5, 0.6) is 0 Å². The van der Waals surface area contributed by atoms with Gasteiger partial charge >= 0.3 is 0 Å². The van der Waals surface area contributed by atoms with Crippen molar-refractivity contribution in [2.75, 3.05) is 13.2 Å². The monoisotopic (exact) mass is 428 g/mol. The predicted octanol–water partition coefficient (Wildman–Crippen LogP) is 4.25. The second kappa shape index (κ2) is 13.6. The van der Waals surface area contributed by atoms with Crippen LogP contribution >= 0.6 is 0 Å². The summed E-state index contributed by atoms with van der Waals surface area (Å²) in [5, 5.41) is 20.6. The molecule has 1 heterocycles. The summed E-state index contributed by atoms with van der Waals surface area (Å²) >= 11 is 0. The summed E-state index contributed by atoms with van der Waals surface area (Å²) in [6.07, 6.45) is 3.78. The summed E-state index contributed by atoms with van der Waals surface area (Å²) in [5.74, 6) is 0. The third-order valence-corrected chi connectivity index (χ3v) is 5.63. The Kier molecular flexibility index (Phi) is 10.5. The van der Waals surface area contributed by atoms with E-state index in [0.717, 1.165) is 31.2 Å². The molecule has 2 N–H and O–H groups in total. The Labute approximate surface area is 186 Å². The van der Waals surface area contributed by atoms with Gasteiger partial charge in [-0.25, -0.2) is 0 Å². The number of benzene rings is 2. The van der Waals surface area contributed by atoms with Crippen molar-refractivity contribution < 1.29 is 24.4 Å². The van der Waals surface area contributed by atoms with Gasteiger partial charge in [0.05, 0.1) is 44.2 Å². The molecular formula is C26H36O5. The lowest BCUT2D eigenvalue weighted by atomic mass is 9.97. The minimum absolute atomic E-state index is 0.0420. The molecule has 0 aromatic heterocycles. The molecule has 1 saturated heterocycles. The Bertz CT molecular complexity index is 708. The van der Waals surface area contributed by atoms with Crippen LogP contribution in [0.15, 0.2) is 60.7 Å². The number of aliphatic hydroxyl groups is 2. The molecular weight excluding hydrogens is 392 g/mol. The van der Waals surface area contributed by atoms with Crippen molar-refractivity contribution in [1.29, 1.82) is 0 Å². The zero-order chi connectivity index (χ0) is 21.7. The van der Waals surface area contributed by atoms with Gasteiger partial charge in [-0.15, -0.1) is 0 Å². The highest BCUT2D eigenvalue weighted by molar-refractivity contribution is 5.14. The Morgan fingerprint density at radius 1 is 0.806 bits per heavy atom. The maximum atomic E-state index is 10.4. The highest BCUT2D eigenvalue weighted by Gasteiger charge is 2.25. The van der Waals surface area contributed by atoms with E-state index in [1.165, 1.54) is 5.56 Å². The summed E-state index contributed by atoms with van der Waals surface area (Å²) in [5.41, 5.74) is 2.25. The van der Waals surface area contributed by atoms with E-state index in [2.05, 4.69) is 12.1 Å². The van der Waals surface area contributed by atoms with Crippen molar-refractivity contribution >= 4 is 0 Å². The van der Waals surface area contributed by atoms with Crippen molar-refractivity contribution in [2.45, 2.75) is 76.2 Å². The van der Waals surface area contributed by atoms with E-state index in [9.17, 15) is 10.2 Å². The van der Waals surface area contributed by atoms with Crippen LogP contribution in [-0.2, 0) is 27.4 Å². The number of hydrogen-bond donors (Lipinski definition) is 2. The quantitative estimate of drug-likeness (QED) is 0.467. The molecule has 170 valence electrons. The average molecular weight is 429 g/mol.